The minimum absolute atomic E-state index is 0.152. The fourth-order valence-electron chi connectivity index (χ4n) is 2.31. The number of likely N-dealkylation sites (tertiary alicyclic amines) is 1. The molecule has 5 heteroatoms. The Bertz CT molecular complexity index is 528. The standard InChI is InChI=1S/C15H18N2O3.C2H6/c1-16(9-10-17-8-4-7-14(17)19)15(20)13-6-3-2-5-12(13)11-18;1-2/h2-3,5-6,11H,4,7-10H2,1H3;1-2H3. The molecule has 1 aromatic carbocycles. The van der Waals surface area contributed by atoms with Crippen molar-refractivity contribution in [2.75, 3.05) is 26.7 Å². The van der Waals surface area contributed by atoms with Gasteiger partial charge >= 0.3 is 0 Å². The first-order chi connectivity index (χ1) is 10.6. The molecule has 1 saturated heterocycles. The number of aldehydes is 1. The van der Waals surface area contributed by atoms with Crippen LogP contribution >= 0.6 is 0 Å². The highest BCUT2D eigenvalue weighted by molar-refractivity contribution is 6.01. The first-order valence-electron chi connectivity index (χ1n) is 7.71. The third-order valence-corrected chi connectivity index (χ3v) is 3.54. The van der Waals surface area contributed by atoms with Gasteiger partial charge in [0.05, 0.1) is 5.56 Å². The molecule has 0 aromatic heterocycles. The monoisotopic (exact) mass is 304 g/mol. The van der Waals surface area contributed by atoms with Crippen LogP contribution in [-0.2, 0) is 4.79 Å². The molecule has 0 aliphatic carbocycles. The predicted octanol–water partition coefficient (Wildman–Crippen LogP) is 2.22. The van der Waals surface area contributed by atoms with Gasteiger partial charge in [-0.3, -0.25) is 14.4 Å². The summed E-state index contributed by atoms with van der Waals surface area (Å²) in [5.41, 5.74) is 0.791. The molecule has 0 radical (unpaired) electrons. The second-order valence-corrected chi connectivity index (χ2v) is 4.92. The minimum Gasteiger partial charge on any atom is -0.341 e. The van der Waals surface area contributed by atoms with E-state index in [1.807, 2.05) is 13.8 Å². The first-order valence-corrected chi connectivity index (χ1v) is 7.71. The molecule has 0 spiro atoms. The molecule has 1 aromatic rings. The van der Waals surface area contributed by atoms with Crippen molar-refractivity contribution in [1.29, 1.82) is 0 Å². The number of carbonyl (C=O) groups is 3. The largest absolute Gasteiger partial charge is 0.341 e. The second kappa shape index (κ2) is 8.97. The van der Waals surface area contributed by atoms with Gasteiger partial charge in [0, 0.05) is 38.7 Å². The minimum atomic E-state index is -0.195. The van der Waals surface area contributed by atoms with E-state index in [0.29, 0.717) is 36.9 Å². The van der Waals surface area contributed by atoms with E-state index >= 15 is 0 Å². The van der Waals surface area contributed by atoms with Gasteiger partial charge in [-0.1, -0.05) is 32.0 Å². The summed E-state index contributed by atoms with van der Waals surface area (Å²) in [6.07, 6.45) is 2.18. The Hall–Kier alpha value is -2.17. The zero-order valence-corrected chi connectivity index (χ0v) is 13.5. The fraction of sp³-hybridized carbons (Fsp3) is 0.471. The maximum Gasteiger partial charge on any atom is 0.254 e. The molecule has 1 fully saturated rings. The summed E-state index contributed by atoms with van der Waals surface area (Å²) in [6.45, 7) is 5.79. The lowest BCUT2D eigenvalue weighted by atomic mass is 10.1. The van der Waals surface area contributed by atoms with E-state index in [-0.39, 0.29) is 11.8 Å². The molecular formula is C17H24N2O3. The zero-order chi connectivity index (χ0) is 16.5. The summed E-state index contributed by atoms with van der Waals surface area (Å²) >= 11 is 0. The molecule has 1 aliphatic heterocycles. The highest BCUT2D eigenvalue weighted by Crippen LogP contribution is 2.11. The third kappa shape index (κ3) is 4.41. The molecular weight excluding hydrogens is 280 g/mol. The van der Waals surface area contributed by atoms with Crippen LogP contribution in [-0.4, -0.2) is 54.6 Å². The van der Waals surface area contributed by atoms with E-state index in [2.05, 4.69) is 0 Å². The topological polar surface area (TPSA) is 57.7 Å². The Balaban J connectivity index is 0.00000116. The fourth-order valence-corrected chi connectivity index (χ4v) is 2.31. The van der Waals surface area contributed by atoms with Gasteiger partial charge in [-0.15, -0.1) is 0 Å². The van der Waals surface area contributed by atoms with Crippen LogP contribution in [0.3, 0.4) is 0 Å². The van der Waals surface area contributed by atoms with Crippen LogP contribution in [0.15, 0.2) is 24.3 Å². The van der Waals surface area contributed by atoms with Crippen LogP contribution in [0, 0.1) is 0 Å². The van der Waals surface area contributed by atoms with E-state index in [4.69, 9.17) is 0 Å². The summed E-state index contributed by atoms with van der Waals surface area (Å²) in [5, 5.41) is 0. The average molecular weight is 304 g/mol. The highest BCUT2D eigenvalue weighted by Gasteiger charge is 2.21. The van der Waals surface area contributed by atoms with E-state index < -0.39 is 0 Å². The molecule has 2 rings (SSSR count). The highest BCUT2D eigenvalue weighted by atomic mass is 16.2. The van der Waals surface area contributed by atoms with Gasteiger partial charge in [0.2, 0.25) is 5.91 Å². The van der Waals surface area contributed by atoms with Crippen LogP contribution in [0.4, 0.5) is 0 Å². The number of rotatable bonds is 5. The van der Waals surface area contributed by atoms with Gasteiger partial charge in [-0.2, -0.15) is 0 Å². The van der Waals surface area contributed by atoms with Crippen LogP contribution in [0.2, 0.25) is 0 Å². The van der Waals surface area contributed by atoms with Gasteiger partial charge < -0.3 is 9.80 Å². The van der Waals surface area contributed by atoms with Crippen molar-refractivity contribution in [3.63, 3.8) is 0 Å². The molecule has 5 nitrogen and oxygen atoms in total. The second-order valence-electron chi connectivity index (χ2n) is 4.92. The lowest BCUT2D eigenvalue weighted by Gasteiger charge is -2.22. The number of benzene rings is 1. The maximum atomic E-state index is 12.3. The molecule has 120 valence electrons. The third-order valence-electron chi connectivity index (χ3n) is 3.54. The van der Waals surface area contributed by atoms with Gasteiger partial charge in [0.25, 0.3) is 5.91 Å². The van der Waals surface area contributed by atoms with Crippen LogP contribution in [0.5, 0.6) is 0 Å². The van der Waals surface area contributed by atoms with Crippen molar-refractivity contribution in [1.82, 2.24) is 9.80 Å². The Labute approximate surface area is 131 Å². The van der Waals surface area contributed by atoms with Crippen molar-refractivity contribution in [2.24, 2.45) is 0 Å². The number of likely N-dealkylation sites (N-methyl/N-ethyl adjacent to an activating group) is 1. The Morgan fingerprint density at radius 3 is 2.59 bits per heavy atom. The Kier molecular flexibility index (Phi) is 7.29. The SMILES string of the molecule is CC.CN(CCN1CCCC1=O)C(=O)c1ccccc1C=O. The molecule has 1 heterocycles. The molecule has 0 N–H and O–H groups in total. The van der Waals surface area contributed by atoms with Crippen molar-refractivity contribution >= 4 is 18.1 Å². The molecule has 22 heavy (non-hydrogen) atoms. The normalized spacial score (nSPS) is 13.4. The van der Waals surface area contributed by atoms with Crippen molar-refractivity contribution in [3.8, 4) is 0 Å². The molecule has 2 amide bonds. The van der Waals surface area contributed by atoms with Crippen molar-refractivity contribution in [2.45, 2.75) is 26.7 Å². The van der Waals surface area contributed by atoms with Gasteiger partial charge in [0.1, 0.15) is 0 Å². The zero-order valence-electron chi connectivity index (χ0n) is 13.5. The van der Waals surface area contributed by atoms with E-state index in [0.717, 1.165) is 13.0 Å². The summed E-state index contributed by atoms with van der Waals surface area (Å²) in [7, 11) is 1.68. The van der Waals surface area contributed by atoms with Crippen LogP contribution in [0.1, 0.15) is 47.4 Å². The quantitative estimate of drug-likeness (QED) is 0.784. The molecule has 0 saturated carbocycles. The predicted molar refractivity (Wildman–Crippen MR) is 86.0 cm³/mol. The van der Waals surface area contributed by atoms with E-state index in [1.165, 1.54) is 0 Å². The van der Waals surface area contributed by atoms with Gasteiger partial charge in [-0.25, -0.2) is 0 Å². The number of hydrogen-bond donors (Lipinski definition) is 0. The van der Waals surface area contributed by atoms with Crippen LogP contribution < -0.4 is 0 Å². The first kappa shape index (κ1) is 17.9. The maximum absolute atomic E-state index is 12.3. The van der Waals surface area contributed by atoms with Gasteiger partial charge in [0.15, 0.2) is 6.29 Å². The van der Waals surface area contributed by atoms with E-state index in [9.17, 15) is 14.4 Å². The summed E-state index contributed by atoms with van der Waals surface area (Å²) in [6, 6.07) is 6.73. The van der Waals surface area contributed by atoms with Crippen LogP contribution in [0.25, 0.3) is 0 Å². The number of carbonyl (C=O) groups excluding carboxylic acids is 3. The molecule has 1 aliphatic rings. The average Bonchev–Trinajstić information content (AvgIpc) is 2.98. The smallest absolute Gasteiger partial charge is 0.254 e. The lowest BCUT2D eigenvalue weighted by molar-refractivity contribution is -0.127. The number of amides is 2. The van der Waals surface area contributed by atoms with E-state index in [1.54, 1.807) is 41.1 Å². The summed E-state index contributed by atoms with van der Waals surface area (Å²) < 4.78 is 0. The Morgan fingerprint density at radius 1 is 1.32 bits per heavy atom. The summed E-state index contributed by atoms with van der Waals surface area (Å²) in [4.78, 5) is 38.0. The Morgan fingerprint density at radius 2 is 2.00 bits per heavy atom. The molecule has 0 bridgehead atoms. The molecule has 0 atom stereocenters. The number of nitrogens with zero attached hydrogens (tertiary/aromatic N) is 2. The van der Waals surface area contributed by atoms with Gasteiger partial charge in [-0.05, 0) is 12.5 Å². The molecule has 0 unspecified atom stereocenters. The number of hydrogen-bond acceptors (Lipinski definition) is 3. The lowest BCUT2D eigenvalue weighted by Crippen LogP contribution is -2.37. The van der Waals surface area contributed by atoms with Crippen molar-refractivity contribution in [3.05, 3.63) is 35.4 Å². The summed E-state index contributed by atoms with van der Waals surface area (Å²) in [5.74, 6) is -0.0431. The van der Waals surface area contributed by atoms with Crippen molar-refractivity contribution < 1.29 is 14.4 Å².